The Kier molecular flexibility index (Phi) is 4.29. The lowest BCUT2D eigenvalue weighted by molar-refractivity contribution is -0.112. The summed E-state index contributed by atoms with van der Waals surface area (Å²) in [6.07, 6.45) is 0.514. The van der Waals surface area contributed by atoms with Gasteiger partial charge in [0.05, 0.1) is 6.10 Å². The van der Waals surface area contributed by atoms with Crippen LogP contribution >= 0.6 is 0 Å². The number of carbonyl (C=O) groups is 1. The molecule has 0 aliphatic rings. The molecule has 3 N–H and O–H groups in total. The van der Waals surface area contributed by atoms with Gasteiger partial charge in [-0.2, -0.15) is 0 Å². The quantitative estimate of drug-likeness (QED) is 0.397. The Hall–Kier alpha value is -1.03. The molecule has 0 saturated heterocycles. The van der Waals surface area contributed by atoms with Crippen molar-refractivity contribution in [3.63, 3.8) is 0 Å². The molecule has 0 amide bonds. The van der Waals surface area contributed by atoms with Gasteiger partial charge in [0.25, 0.3) is 0 Å². The number of aliphatic hydroxyl groups excluding tert-OH is 2. The highest BCUT2D eigenvalue weighted by Gasteiger charge is 1.96. The molecule has 0 aliphatic heterocycles. The van der Waals surface area contributed by atoms with Crippen molar-refractivity contribution < 1.29 is 15.0 Å². The highest BCUT2D eigenvalue weighted by Crippen LogP contribution is 1.84. The van der Waals surface area contributed by atoms with Gasteiger partial charge in [-0.15, -0.1) is 0 Å². The van der Waals surface area contributed by atoms with Crippen LogP contribution in [-0.4, -0.2) is 28.6 Å². The molecule has 0 aromatic carbocycles. The molecule has 0 saturated carbocycles. The first kappa shape index (κ1) is 9.97. The van der Waals surface area contributed by atoms with E-state index in [4.69, 9.17) is 10.2 Å². The fraction of sp³-hybridized carbons (Fsp3) is 0.571. The van der Waals surface area contributed by atoms with Crippen molar-refractivity contribution in [1.29, 1.82) is 0 Å². The van der Waals surface area contributed by atoms with Crippen molar-refractivity contribution >= 4 is 5.78 Å². The monoisotopic (exact) mass is 159 g/mol. The molecule has 0 spiro atoms. The molecule has 4 nitrogen and oxygen atoms in total. The zero-order chi connectivity index (χ0) is 8.85. The van der Waals surface area contributed by atoms with Gasteiger partial charge in [-0.3, -0.25) is 4.79 Å². The van der Waals surface area contributed by atoms with E-state index in [1.54, 1.807) is 6.92 Å². The first-order chi connectivity index (χ1) is 5.02. The summed E-state index contributed by atoms with van der Waals surface area (Å²) in [5.74, 6) is -0.445. The van der Waals surface area contributed by atoms with E-state index in [-0.39, 0.29) is 18.2 Å². The smallest absolute Gasteiger partial charge is 0.187 e. The largest absolute Gasteiger partial charge is 0.495 e. The Balaban J connectivity index is 3.68. The molecule has 0 aromatic heterocycles. The van der Waals surface area contributed by atoms with Crippen molar-refractivity contribution in [2.45, 2.75) is 20.0 Å². The Morgan fingerprint density at radius 2 is 2.27 bits per heavy atom. The minimum Gasteiger partial charge on any atom is -0.495 e. The van der Waals surface area contributed by atoms with Gasteiger partial charge >= 0.3 is 0 Å². The number of hydrogen-bond acceptors (Lipinski definition) is 4. The summed E-state index contributed by atoms with van der Waals surface area (Å²) in [6, 6.07) is 0. The number of hydrogen-bond donors (Lipinski definition) is 3. The maximum atomic E-state index is 10.4. The maximum absolute atomic E-state index is 10.4. The van der Waals surface area contributed by atoms with Gasteiger partial charge < -0.3 is 15.5 Å². The van der Waals surface area contributed by atoms with Crippen molar-refractivity contribution in [1.82, 2.24) is 5.32 Å². The summed E-state index contributed by atoms with van der Waals surface area (Å²) in [4.78, 5) is 10.4. The third kappa shape index (κ3) is 6.86. The minimum atomic E-state index is -0.544. The standard InChI is InChI=1S/C7H13NO3/c1-5(9)3-7(11)8-4-6(2)10/h3,6,8,10-11H,4H2,1-2H3/b7-3-. The van der Waals surface area contributed by atoms with Gasteiger partial charge in [0, 0.05) is 12.6 Å². The first-order valence-electron chi connectivity index (χ1n) is 3.35. The van der Waals surface area contributed by atoms with E-state index in [1.807, 2.05) is 0 Å². The predicted molar refractivity (Wildman–Crippen MR) is 41.1 cm³/mol. The fourth-order valence-corrected chi connectivity index (χ4v) is 0.496. The highest BCUT2D eigenvalue weighted by molar-refractivity contribution is 5.87. The van der Waals surface area contributed by atoms with Crippen molar-refractivity contribution in [3.05, 3.63) is 12.0 Å². The molecule has 0 rings (SSSR count). The van der Waals surface area contributed by atoms with E-state index in [0.29, 0.717) is 0 Å². The molecule has 0 bridgehead atoms. The molecule has 0 fully saturated rings. The minimum absolute atomic E-state index is 0.210. The number of nitrogens with one attached hydrogen (secondary N) is 1. The lowest BCUT2D eigenvalue weighted by Gasteiger charge is -2.05. The molecular formula is C7H13NO3. The summed E-state index contributed by atoms with van der Waals surface area (Å²) in [5.41, 5.74) is 0. The zero-order valence-corrected chi connectivity index (χ0v) is 6.66. The molecule has 0 radical (unpaired) electrons. The number of rotatable bonds is 4. The van der Waals surface area contributed by atoms with Gasteiger partial charge in [0.1, 0.15) is 0 Å². The first-order valence-corrected chi connectivity index (χ1v) is 3.35. The molecule has 11 heavy (non-hydrogen) atoms. The topological polar surface area (TPSA) is 69.6 Å². The Morgan fingerprint density at radius 3 is 2.64 bits per heavy atom. The molecule has 0 aliphatic carbocycles. The van der Waals surface area contributed by atoms with E-state index < -0.39 is 6.10 Å². The lowest BCUT2D eigenvalue weighted by atomic mass is 10.4. The normalized spacial score (nSPS) is 14.3. The summed E-state index contributed by atoms with van der Waals surface area (Å²) in [7, 11) is 0. The van der Waals surface area contributed by atoms with Crippen LogP contribution in [0.4, 0.5) is 0 Å². The molecule has 1 atom stereocenters. The molecule has 0 heterocycles. The molecular weight excluding hydrogens is 146 g/mol. The van der Waals surface area contributed by atoms with Crippen LogP contribution in [0.3, 0.4) is 0 Å². The van der Waals surface area contributed by atoms with Crippen molar-refractivity contribution in [2.75, 3.05) is 6.54 Å². The fourth-order valence-electron chi connectivity index (χ4n) is 0.496. The highest BCUT2D eigenvalue weighted by atomic mass is 16.3. The van der Waals surface area contributed by atoms with Gasteiger partial charge in [-0.25, -0.2) is 0 Å². The summed E-state index contributed by atoms with van der Waals surface area (Å²) in [5, 5.41) is 20.1. The van der Waals surface area contributed by atoms with Crippen LogP contribution in [-0.2, 0) is 4.79 Å². The molecule has 4 heteroatoms. The third-order valence-electron chi connectivity index (χ3n) is 0.919. The number of aliphatic hydroxyl groups is 2. The molecule has 1 unspecified atom stereocenters. The molecule has 64 valence electrons. The van der Waals surface area contributed by atoms with E-state index >= 15 is 0 Å². The summed E-state index contributed by atoms with van der Waals surface area (Å²) in [6.45, 7) is 3.14. The second kappa shape index (κ2) is 4.73. The van der Waals surface area contributed by atoms with E-state index in [2.05, 4.69) is 5.32 Å². The van der Waals surface area contributed by atoms with Crippen molar-refractivity contribution in [3.8, 4) is 0 Å². The Morgan fingerprint density at radius 1 is 1.73 bits per heavy atom. The average Bonchev–Trinajstić information content (AvgIpc) is 1.82. The Bertz CT molecular complexity index is 163. The predicted octanol–water partition coefficient (Wildman–Crippen LogP) is -0.0548. The lowest BCUT2D eigenvalue weighted by Crippen LogP contribution is -2.24. The second-order valence-corrected chi connectivity index (χ2v) is 2.37. The van der Waals surface area contributed by atoms with Gasteiger partial charge in [-0.05, 0) is 13.8 Å². The van der Waals surface area contributed by atoms with Crippen LogP contribution in [0.5, 0.6) is 0 Å². The van der Waals surface area contributed by atoms with Crippen LogP contribution in [0, 0.1) is 0 Å². The Labute approximate surface area is 65.5 Å². The average molecular weight is 159 g/mol. The van der Waals surface area contributed by atoms with Crippen LogP contribution in [0.2, 0.25) is 0 Å². The van der Waals surface area contributed by atoms with Gasteiger partial charge in [0.2, 0.25) is 0 Å². The van der Waals surface area contributed by atoms with Gasteiger partial charge in [0.15, 0.2) is 11.7 Å². The number of ketones is 1. The van der Waals surface area contributed by atoms with Crippen LogP contribution < -0.4 is 5.32 Å². The second-order valence-electron chi connectivity index (χ2n) is 2.37. The van der Waals surface area contributed by atoms with Crippen LogP contribution in [0.25, 0.3) is 0 Å². The third-order valence-corrected chi connectivity index (χ3v) is 0.919. The van der Waals surface area contributed by atoms with E-state index in [9.17, 15) is 4.79 Å². The van der Waals surface area contributed by atoms with Crippen molar-refractivity contribution in [2.24, 2.45) is 0 Å². The van der Waals surface area contributed by atoms with Crippen LogP contribution in [0.15, 0.2) is 12.0 Å². The number of carbonyl (C=O) groups excluding carboxylic acids is 1. The SMILES string of the molecule is CC(=O)/C=C(\O)NCC(C)O. The van der Waals surface area contributed by atoms with Gasteiger partial charge in [-0.1, -0.05) is 0 Å². The van der Waals surface area contributed by atoms with E-state index in [0.717, 1.165) is 6.08 Å². The summed E-state index contributed by atoms with van der Waals surface area (Å²) >= 11 is 0. The van der Waals surface area contributed by atoms with E-state index in [1.165, 1.54) is 6.92 Å². The zero-order valence-electron chi connectivity index (χ0n) is 6.66. The molecule has 0 aromatic rings. The summed E-state index contributed by atoms with van der Waals surface area (Å²) < 4.78 is 0. The number of allylic oxidation sites excluding steroid dienone is 1. The maximum Gasteiger partial charge on any atom is 0.187 e. The van der Waals surface area contributed by atoms with Crippen LogP contribution in [0.1, 0.15) is 13.8 Å².